The number of aryl methyl sites for hydroxylation is 1. The molecule has 0 aromatic heterocycles. The minimum Gasteiger partial charge on any atom is -0.385 e. The molecule has 1 heterocycles. The van der Waals surface area contributed by atoms with Gasteiger partial charge in [-0.25, -0.2) is 0 Å². The number of fused-ring (bicyclic) bond motifs is 1. The number of rotatable bonds is 7. The van der Waals surface area contributed by atoms with Gasteiger partial charge in [0, 0.05) is 30.9 Å². The second-order valence-corrected chi connectivity index (χ2v) is 7.31. The molecular formula is C19H30N2O. The Morgan fingerprint density at radius 3 is 2.50 bits per heavy atom. The van der Waals surface area contributed by atoms with Crippen LogP contribution >= 0.6 is 0 Å². The molecule has 3 nitrogen and oxygen atoms in total. The summed E-state index contributed by atoms with van der Waals surface area (Å²) < 4.78 is 0. The number of Topliss-reactive ketones (excluding diaryl/α,β-unsaturated/α-hetero) is 1. The monoisotopic (exact) mass is 302 g/mol. The third-order valence-corrected chi connectivity index (χ3v) is 3.98. The van der Waals surface area contributed by atoms with Crippen LogP contribution in [0.4, 0.5) is 5.69 Å². The largest absolute Gasteiger partial charge is 0.385 e. The quantitative estimate of drug-likeness (QED) is 0.777. The molecule has 0 fully saturated rings. The second-order valence-electron chi connectivity index (χ2n) is 7.31. The van der Waals surface area contributed by atoms with Gasteiger partial charge in [-0.15, -0.1) is 0 Å². The van der Waals surface area contributed by atoms with Crippen molar-refractivity contribution < 1.29 is 4.79 Å². The van der Waals surface area contributed by atoms with Gasteiger partial charge < -0.3 is 5.32 Å². The normalized spacial score (nSPS) is 14.3. The SMILES string of the molecule is CC(C)CN(CC(=O)c1ccc2c(c1)CCCN2)CC(C)C. The van der Waals surface area contributed by atoms with E-state index in [1.807, 2.05) is 6.07 Å². The third-order valence-electron chi connectivity index (χ3n) is 3.98. The van der Waals surface area contributed by atoms with Crippen molar-refractivity contribution in [3.8, 4) is 0 Å². The second kappa shape index (κ2) is 7.77. The highest BCUT2D eigenvalue weighted by Crippen LogP contribution is 2.23. The van der Waals surface area contributed by atoms with E-state index in [1.54, 1.807) is 0 Å². The van der Waals surface area contributed by atoms with E-state index in [-0.39, 0.29) is 5.78 Å². The summed E-state index contributed by atoms with van der Waals surface area (Å²) in [6.07, 6.45) is 2.22. The fraction of sp³-hybridized carbons (Fsp3) is 0.632. The maximum atomic E-state index is 12.6. The number of carbonyl (C=O) groups is 1. The first kappa shape index (κ1) is 17.0. The zero-order valence-electron chi connectivity index (χ0n) is 14.5. The van der Waals surface area contributed by atoms with Gasteiger partial charge in [-0.05, 0) is 48.4 Å². The minimum atomic E-state index is 0.245. The molecule has 0 radical (unpaired) electrons. The average Bonchev–Trinajstić information content (AvgIpc) is 2.45. The van der Waals surface area contributed by atoms with Gasteiger partial charge in [-0.2, -0.15) is 0 Å². The third kappa shape index (κ3) is 4.84. The molecule has 0 bridgehead atoms. The van der Waals surface area contributed by atoms with Gasteiger partial charge in [0.05, 0.1) is 6.54 Å². The molecule has 122 valence electrons. The van der Waals surface area contributed by atoms with E-state index in [1.165, 1.54) is 11.3 Å². The Hall–Kier alpha value is -1.35. The van der Waals surface area contributed by atoms with Crippen LogP contribution in [0.5, 0.6) is 0 Å². The lowest BCUT2D eigenvalue weighted by atomic mass is 9.99. The van der Waals surface area contributed by atoms with Crippen molar-refractivity contribution in [1.29, 1.82) is 0 Å². The summed E-state index contributed by atoms with van der Waals surface area (Å²) in [5.74, 6) is 1.41. The smallest absolute Gasteiger partial charge is 0.176 e. The van der Waals surface area contributed by atoms with Crippen LogP contribution in [-0.2, 0) is 6.42 Å². The van der Waals surface area contributed by atoms with Crippen molar-refractivity contribution in [2.75, 3.05) is 31.5 Å². The van der Waals surface area contributed by atoms with E-state index in [0.717, 1.165) is 38.0 Å². The van der Waals surface area contributed by atoms with E-state index >= 15 is 0 Å². The van der Waals surface area contributed by atoms with Crippen LogP contribution < -0.4 is 5.32 Å². The van der Waals surface area contributed by atoms with Crippen LogP contribution in [0.2, 0.25) is 0 Å². The zero-order chi connectivity index (χ0) is 16.1. The van der Waals surface area contributed by atoms with E-state index < -0.39 is 0 Å². The first-order valence-corrected chi connectivity index (χ1v) is 8.58. The van der Waals surface area contributed by atoms with Gasteiger partial charge in [-0.3, -0.25) is 9.69 Å². The molecule has 0 amide bonds. The number of benzene rings is 1. The van der Waals surface area contributed by atoms with Crippen LogP contribution in [0.15, 0.2) is 18.2 Å². The first-order chi connectivity index (χ1) is 10.5. The van der Waals surface area contributed by atoms with Gasteiger partial charge >= 0.3 is 0 Å². The Bertz CT molecular complexity index is 498. The van der Waals surface area contributed by atoms with Gasteiger partial charge in [-0.1, -0.05) is 27.7 Å². The molecule has 0 saturated heterocycles. The molecule has 1 N–H and O–H groups in total. The number of carbonyl (C=O) groups excluding carboxylic acids is 1. The van der Waals surface area contributed by atoms with Crippen molar-refractivity contribution in [3.63, 3.8) is 0 Å². The molecule has 1 aromatic rings. The zero-order valence-corrected chi connectivity index (χ0v) is 14.5. The van der Waals surface area contributed by atoms with Crippen molar-refractivity contribution in [2.24, 2.45) is 11.8 Å². The highest BCUT2D eigenvalue weighted by Gasteiger charge is 2.17. The molecule has 0 atom stereocenters. The van der Waals surface area contributed by atoms with Crippen LogP contribution in [0.3, 0.4) is 0 Å². The Kier molecular flexibility index (Phi) is 6.01. The number of nitrogens with zero attached hydrogens (tertiary/aromatic N) is 1. The predicted molar refractivity (Wildman–Crippen MR) is 93.7 cm³/mol. The molecule has 22 heavy (non-hydrogen) atoms. The van der Waals surface area contributed by atoms with Gasteiger partial charge in [0.1, 0.15) is 0 Å². The Labute approximate surface area is 135 Å². The molecule has 0 saturated carbocycles. The Balaban J connectivity index is 2.05. The maximum absolute atomic E-state index is 12.6. The molecule has 0 unspecified atom stereocenters. The lowest BCUT2D eigenvalue weighted by molar-refractivity contribution is 0.0912. The predicted octanol–water partition coefficient (Wildman–Crippen LogP) is 3.84. The van der Waals surface area contributed by atoms with E-state index in [4.69, 9.17) is 0 Å². The fourth-order valence-corrected chi connectivity index (χ4v) is 3.18. The number of hydrogen-bond donors (Lipinski definition) is 1. The number of nitrogens with one attached hydrogen (secondary N) is 1. The van der Waals surface area contributed by atoms with Crippen LogP contribution in [0.25, 0.3) is 0 Å². The summed E-state index contributed by atoms with van der Waals surface area (Å²) >= 11 is 0. The van der Waals surface area contributed by atoms with Crippen molar-refractivity contribution >= 4 is 11.5 Å². The number of hydrogen-bond acceptors (Lipinski definition) is 3. The Morgan fingerprint density at radius 2 is 1.86 bits per heavy atom. The molecule has 1 aliphatic rings. The molecule has 1 aromatic carbocycles. The summed E-state index contributed by atoms with van der Waals surface area (Å²) in [6, 6.07) is 6.13. The number of anilines is 1. The molecule has 1 aliphatic heterocycles. The first-order valence-electron chi connectivity index (χ1n) is 8.58. The van der Waals surface area contributed by atoms with Crippen LogP contribution in [0, 0.1) is 11.8 Å². The van der Waals surface area contributed by atoms with E-state index in [9.17, 15) is 4.79 Å². The van der Waals surface area contributed by atoms with Crippen molar-refractivity contribution in [3.05, 3.63) is 29.3 Å². The average molecular weight is 302 g/mol. The molecule has 2 rings (SSSR count). The van der Waals surface area contributed by atoms with Crippen molar-refractivity contribution in [2.45, 2.75) is 40.5 Å². The maximum Gasteiger partial charge on any atom is 0.176 e. The lowest BCUT2D eigenvalue weighted by Gasteiger charge is -2.25. The minimum absolute atomic E-state index is 0.245. The van der Waals surface area contributed by atoms with Gasteiger partial charge in [0.2, 0.25) is 0 Å². The van der Waals surface area contributed by atoms with Gasteiger partial charge in [0.25, 0.3) is 0 Å². The highest BCUT2D eigenvalue weighted by atomic mass is 16.1. The topological polar surface area (TPSA) is 32.3 Å². The van der Waals surface area contributed by atoms with Crippen LogP contribution in [0.1, 0.15) is 50.0 Å². The molecule has 0 spiro atoms. The summed E-state index contributed by atoms with van der Waals surface area (Å²) in [5, 5.41) is 3.40. The van der Waals surface area contributed by atoms with Crippen molar-refractivity contribution in [1.82, 2.24) is 4.90 Å². The molecule has 0 aliphatic carbocycles. The standard InChI is InChI=1S/C19H30N2O/c1-14(2)11-21(12-15(3)4)13-19(22)17-7-8-18-16(10-17)6-5-9-20-18/h7-8,10,14-15,20H,5-6,9,11-13H2,1-4H3. The summed E-state index contributed by atoms with van der Waals surface area (Å²) in [5.41, 5.74) is 3.35. The Morgan fingerprint density at radius 1 is 1.18 bits per heavy atom. The molecular weight excluding hydrogens is 272 g/mol. The van der Waals surface area contributed by atoms with Crippen LogP contribution in [-0.4, -0.2) is 36.9 Å². The highest BCUT2D eigenvalue weighted by molar-refractivity contribution is 5.98. The fourth-order valence-electron chi connectivity index (χ4n) is 3.18. The summed E-state index contributed by atoms with van der Waals surface area (Å²) in [7, 11) is 0. The summed E-state index contributed by atoms with van der Waals surface area (Å²) in [6.45, 7) is 12.4. The van der Waals surface area contributed by atoms with E-state index in [0.29, 0.717) is 18.4 Å². The van der Waals surface area contributed by atoms with Gasteiger partial charge in [0.15, 0.2) is 5.78 Å². The number of ketones is 1. The lowest BCUT2D eigenvalue weighted by Crippen LogP contribution is -2.35. The molecule has 3 heteroatoms. The summed E-state index contributed by atoms with van der Waals surface area (Å²) in [4.78, 5) is 14.9. The van der Waals surface area contributed by atoms with E-state index in [2.05, 4.69) is 50.0 Å².